The number of rotatable bonds is 2. The molecule has 0 bridgehead atoms. The van der Waals surface area contributed by atoms with Crippen LogP contribution in [0.4, 0.5) is 0 Å². The van der Waals surface area contributed by atoms with Crippen molar-refractivity contribution < 1.29 is 5.11 Å². The summed E-state index contributed by atoms with van der Waals surface area (Å²) in [5.41, 5.74) is 1.86. The fourth-order valence-electron chi connectivity index (χ4n) is 1.96. The zero-order chi connectivity index (χ0) is 13.3. The van der Waals surface area contributed by atoms with Gasteiger partial charge in [-0.05, 0) is 18.4 Å². The fourth-order valence-corrected chi connectivity index (χ4v) is 1.96. The predicted octanol–water partition coefficient (Wildman–Crippen LogP) is 2.57. The third-order valence-electron chi connectivity index (χ3n) is 2.91. The standard InChI is InChI=1S/C14H16N2O2/c1-8(2)11-13(17)15-12(16-14(11)18)10-7-5-4-6-9(10)3/h4-8H,1-3H3,(H2,15,16,17,18). The SMILES string of the molecule is Cc1ccccc1-c1nc(O)c(C(C)C)c(=O)[nH]1. The molecule has 0 amide bonds. The van der Waals surface area contributed by atoms with E-state index in [1.54, 1.807) is 0 Å². The first-order chi connectivity index (χ1) is 8.50. The summed E-state index contributed by atoms with van der Waals surface area (Å²) in [4.78, 5) is 18.7. The van der Waals surface area contributed by atoms with E-state index in [-0.39, 0.29) is 17.4 Å². The minimum Gasteiger partial charge on any atom is -0.493 e. The van der Waals surface area contributed by atoms with E-state index < -0.39 is 0 Å². The number of hydrogen-bond donors (Lipinski definition) is 2. The summed E-state index contributed by atoms with van der Waals surface area (Å²) in [6, 6.07) is 7.58. The van der Waals surface area contributed by atoms with Crippen molar-refractivity contribution in [3.8, 4) is 17.3 Å². The van der Waals surface area contributed by atoms with Gasteiger partial charge >= 0.3 is 0 Å². The smallest absolute Gasteiger partial charge is 0.258 e. The molecule has 0 fully saturated rings. The summed E-state index contributed by atoms with van der Waals surface area (Å²) in [6.45, 7) is 5.63. The van der Waals surface area contributed by atoms with Gasteiger partial charge in [-0.3, -0.25) is 4.79 Å². The van der Waals surface area contributed by atoms with Gasteiger partial charge in [0, 0.05) is 5.56 Å². The first kappa shape index (κ1) is 12.4. The number of nitrogens with zero attached hydrogens (tertiary/aromatic N) is 1. The Balaban J connectivity index is 2.63. The molecule has 94 valence electrons. The van der Waals surface area contributed by atoms with Gasteiger partial charge in [0.2, 0.25) is 5.88 Å². The van der Waals surface area contributed by atoms with Crippen molar-refractivity contribution in [1.82, 2.24) is 9.97 Å². The largest absolute Gasteiger partial charge is 0.493 e. The Morgan fingerprint density at radius 1 is 1.28 bits per heavy atom. The van der Waals surface area contributed by atoms with Gasteiger partial charge in [-0.15, -0.1) is 0 Å². The van der Waals surface area contributed by atoms with Crippen LogP contribution in [-0.4, -0.2) is 15.1 Å². The van der Waals surface area contributed by atoms with Crippen LogP contribution in [0.1, 0.15) is 30.9 Å². The van der Waals surface area contributed by atoms with Crippen LogP contribution < -0.4 is 5.56 Å². The zero-order valence-corrected chi connectivity index (χ0v) is 10.7. The quantitative estimate of drug-likeness (QED) is 0.853. The van der Waals surface area contributed by atoms with Crippen LogP contribution >= 0.6 is 0 Å². The van der Waals surface area contributed by atoms with E-state index in [0.29, 0.717) is 11.4 Å². The summed E-state index contributed by atoms with van der Waals surface area (Å²) in [7, 11) is 0. The van der Waals surface area contributed by atoms with Crippen LogP contribution in [0.3, 0.4) is 0 Å². The molecule has 0 spiro atoms. The Bertz CT molecular complexity index is 630. The molecule has 4 heteroatoms. The topological polar surface area (TPSA) is 66.0 Å². The molecule has 0 atom stereocenters. The molecule has 2 aromatic rings. The van der Waals surface area contributed by atoms with Gasteiger partial charge in [0.25, 0.3) is 5.56 Å². The summed E-state index contributed by atoms with van der Waals surface area (Å²) in [5.74, 6) is 0.152. The number of benzene rings is 1. The molecule has 2 rings (SSSR count). The van der Waals surface area contributed by atoms with Crippen molar-refractivity contribution >= 4 is 0 Å². The molecule has 0 unspecified atom stereocenters. The van der Waals surface area contributed by atoms with E-state index in [0.717, 1.165) is 11.1 Å². The minimum absolute atomic E-state index is 0.0628. The van der Waals surface area contributed by atoms with Crippen molar-refractivity contribution in [3.63, 3.8) is 0 Å². The van der Waals surface area contributed by atoms with Crippen molar-refractivity contribution in [2.24, 2.45) is 0 Å². The highest BCUT2D eigenvalue weighted by atomic mass is 16.3. The molecule has 1 aromatic carbocycles. The molecular weight excluding hydrogens is 228 g/mol. The van der Waals surface area contributed by atoms with Crippen molar-refractivity contribution in [2.45, 2.75) is 26.7 Å². The summed E-state index contributed by atoms with van der Waals surface area (Å²) in [5, 5.41) is 9.86. The van der Waals surface area contributed by atoms with Gasteiger partial charge in [0.05, 0.1) is 5.56 Å². The minimum atomic E-state index is -0.282. The van der Waals surface area contributed by atoms with E-state index >= 15 is 0 Å². The number of H-pyrrole nitrogens is 1. The predicted molar refractivity (Wildman–Crippen MR) is 70.8 cm³/mol. The molecule has 1 aromatic heterocycles. The maximum atomic E-state index is 11.9. The van der Waals surface area contributed by atoms with Gasteiger partial charge in [0.1, 0.15) is 5.82 Å². The highest BCUT2D eigenvalue weighted by molar-refractivity contribution is 5.60. The normalized spacial score (nSPS) is 10.9. The molecule has 0 saturated heterocycles. The molecule has 0 radical (unpaired) electrons. The second-order valence-electron chi connectivity index (χ2n) is 4.62. The maximum absolute atomic E-state index is 11.9. The molecule has 0 aliphatic rings. The van der Waals surface area contributed by atoms with E-state index in [9.17, 15) is 9.90 Å². The molecule has 0 aliphatic heterocycles. The average Bonchev–Trinajstić information content (AvgIpc) is 2.27. The Labute approximate surface area is 105 Å². The van der Waals surface area contributed by atoms with Crippen LogP contribution in [0.2, 0.25) is 0 Å². The summed E-state index contributed by atoms with van der Waals surface area (Å²) in [6.07, 6.45) is 0. The fraction of sp³-hybridized carbons (Fsp3) is 0.286. The molecule has 1 heterocycles. The third kappa shape index (κ3) is 2.14. The van der Waals surface area contributed by atoms with Crippen LogP contribution in [-0.2, 0) is 0 Å². The monoisotopic (exact) mass is 244 g/mol. The molecular formula is C14H16N2O2. The van der Waals surface area contributed by atoms with Gasteiger partial charge in [-0.1, -0.05) is 38.1 Å². The van der Waals surface area contributed by atoms with E-state index in [4.69, 9.17) is 0 Å². The van der Waals surface area contributed by atoms with Gasteiger partial charge in [0.15, 0.2) is 0 Å². The Morgan fingerprint density at radius 2 is 1.94 bits per heavy atom. The van der Waals surface area contributed by atoms with Crippen LogP contribution in [0.25, 0.3) is 11.4 Å². The molecule has 4 nitrogen and oxygen atoms in total. The maximum Gasteiger partial charge on any atom is 0.258 e. The van der Waals surface area contributed by atoms with Gasteiger partial charge in [-0.2, -0.15) is 4.98 Å². The molecule has 0 aliphatic carbocycles. The number of aromatic amines is 1. The molecule has 18 heavy (non-hydrogen) atoms. The Hall–Kier alpha value is -2.10. The summed E-state index contributed by atoms with van der Waals surface area (Å²) >= 11 is 0. The third-order valence-corrected chi connectivity index (χ3v) is 2.91. The zero-order valence-electron chi connectivity index (χ0n) is 10.7. The van der Waals surface area contributed by atoms with Crippen LogP contribution in [0.15, 0.2) is 29.1 Å². The number of aryl methyl sites for hydroxylation is 1. The summed E-state index contributed by atoms with van der Waals surface area (Å²) < 4.78 is 0. The lowest BCUT2D eigenvalue weighted by molar-refractivity contribution is 0.440. The lowest BCUT2D eigenvalue weighted by Gasteiger charge is -2.09. The van der Waals surface area contributed by atoms with Gasteiger partial charge in [-0.25, -0.2) is 0 Å². The van der Waals surface area contributed by atoms with Crippen molar-refractivity contribution in [2.75, 3.05) is 0 Å². The lowest BCUT2D eigenvalue weighted by atomic mass is 10.1. The first-order valence-electron chi connectivity index (χ1n) is 5.90. The lowest BCUT2D eigenvalue weighted by Crippen LogP contribution is -2.16. The van der Waals surface area contributed by atoms with Crippen molar-refractivity contribution in [3.05, 3.63) is 45.7 Å². The van der Waals surface area contributed by atoms with E-state index in [1.807, 2.05) is 45.0 Å². The number of aromatic hydroxyl groups is 1. The molecule has 2 N–H and O–H groups in total. The Morgan fingerprint density at radius 3 is 2.50 bits per heavy atom. The average molecular weight is 244 g/mol. The van der Waals surface area contributed by atoms with Crippen molar-refractivity contribution in [1.29, 1.82) is 0 Å². The highest BCUT2D eigenvalue weighted by Crippen LogP contribution is 2.23. The number of hydrogen-bond acceptors (Lipinski definition) is 3. The highest BCUT2D eigenvalue weighted by Gasteiger charge is 2.15. The Kier molecular flexibility index (Phi) is 3.19. The van der Waals surface area contributed by atoms with Crippen LogP contribution in [0.5, 0.6) is 5.88 Å². The van der Waals surface area contributed by atoms with E-state index in [1.165, 1.54) is 0 Å². The number of aromatic nitrogens is 2. The van der Waals surface area contributed by atoms with Gasteiger partial charge < -0.3 is 10.1 Å². The number of nitrogens with one attached hydrogen (secondary N) is 1. The first-order valence-corrected chi connectivity index (χ1v) is 5.90. The van der Waals surface area contributed by atoms with E-state index in [2.05, 4.69) is 9.97 Å². The van der Waals surface area contributed by atoms with Crippen LogP contribution in [0, 0.1) is 6.92 Å². The second-order valence-corrected chi connectivity index (χ2v) is 4.62. The molecule has 0 saturated carbocycles. The second kappa shape index (κ2) is 4.64.